The molecule has 0 radical (unpaired) electrons. The standard InChI is InChI=1S/C20H19ClF3NO2/c21-18-9-2-1-8-17(18)19(26)25-10-4-7-16(12-25)27-13-14-5-3-6-15(11-14)20(22,23)24/h1-3,5-6,8-9,11,16H,4,7,10,12-13H2/t16-/m1/s1. The molecule has 0 unspecified atom stereocenters. The highest BCUT2D eigenvalue weighted by Gasteiger charge is 2.30. The van der Waals surface area contributed by atoms with Crippen LogP contribution in [0.25, 0.3) is 0 Å². The molecule has 0 aliphatic carbocycles. The lowest BCUT2D eigenvalue weighted by Crippen LogP contribution is -2.43. The summed E-state index contributed by atoms with van der Waals surface area (Å²) in [6.07, 6.45) is -3.08. The van der Waals surface area contributed by atoms with E-state index in [1.807, 2.05) is 0 Å². The number of piperidine rings is 1. The fourth-order valence-corrected chi connectivity index (χ4v) is 3.33. The van der Waals surface area contributed by atoms with E-state index in [0.717, 1.165) is 25.0 Å². The Balaban J connectivity index is 1.61. The Bertz CT molecular complexity index is 810. The lowest BCUT2D eigenvalue weighted by Gasteiger charge is -2.33. The first kappa shape index (κ1) is 19.7. The molecule has 0 aromatic heterocycles. The number of alkyl halides is 3. The van der Waals surface area contributed by atoms with Gasteiger partial charge in [-0.2, -0.15) is 13.2 Å². The van der Waals surface area contributed by atoms with Gasteiger partial charge >= 0.3 is 6.18 Å². The van der Waals surface area contributed by atoms with Crippen molar-refractivity contribution in [1.29, 1.82) is 0 Å². The molecule has 27 heavy (non-hydrogen) atoms. The largest absolute Gasteiger partial charge is 0.416 e. The number of hydrogen-bond donors (Lipinski definition) is 0. The lowest BCUT2D eigenvalue weighted by atomic mass is 10.1. The van der Waals surface area contributed by atoms with Crippen LogP contribution in [0.15, 0.2) is 48.5 Å². The molecule has 0 N–H and O–H groups in total. The summed E-state index contributed by atoms with van der Waals surface area (Å²) in [5.74, 6) is -0.159. The first-order valence-electron chi connectivity index (χ1n) is 8.66. The Hall–Kier alpha value is -2.05. The molecule has 1 amide bonds. The SMILES string of the molecule is O=C(c1ccccc1Cl)N1CCC[C@@H](OCc2cccc(C(F)(F)F)c2)C1. The average molecular weight is 398 g/mol. The Morgan fingerprint density at radius 3 is 2.70 bits per heavy atom. The second-order valence-electron chi connectivity index (χ2n) is 6.50. The first-order valence-corrected chi connectivity index (χ1v) is 9.04. The number of amides is 1. The lowest BCUT2D eigenvalue weighted by molar-refractivity contribution is -0.137. The van der Waals surface area contributed by atoms with E-state index >= 15 is 0 Å². The van der Waals surface area contributed by atoms with Crippen molar-refractivity contribution in [1.82, 2.24) is 4.90 Å². The fraction of sp³-hybridized carbons (Fsp3) is 0.350. The predicted molar refractivity (Wildman–Crippen MR) is 96.6 cm³/mol. The normalized spacial score (nSPS) is 17.8. The first-order chi connectivity index (χ1) is 12.8. The third-order valence-electron chi connectivity index (χ3n) is 4.51. The maximum absolute atomic E-state index is 12.8. The third kappa shape index (κ3) is 5.02. The second-order valence-corrected chi connectivity index (χ2v) is 6.91. The number of likely N-dealkylation sites (tertiary alicyclic amines) is 1. The van der Waals surface area contributed by atoms with Gasteiger partial charge in [0.15, 0.2) is 0 Å². The summed E-state index contributed by atoms with van der Waals surface area (Å²) in [7, 11) is 0. The Morgan fingerprint density at radius 1 is 1.19 bits per heavy atom. The van der Waals surface area contributed by atoms with Gasteiger partial charge in [-0.25, -0.2) is 0 Å². The smallest absolute Gasteiger partial charge is 0.372 e. The minimum atomic E-state index is -4.38. The van der Waals surface area contributed by atoms with Gasteiger partial charge in [0.1, 0.15) is 0 Å². The van der Waals surface area contributed by atoms with Gasteiger partial charge in [0.25, 0.3) is 5.91 Å². The predicted octanol–water partition coefficient (Wildman–Crippen LogP) is 5.18. The zero-order chi connectivity index (χ0) is 19.4. The maximum Gasteiger partial charge on any atom is 0.416 e. The molecule has 2 aromatic rings. The van der Waals surface area contributed by atoms with Crippen LogP contribution in [0.1, 0.15) is 34.3 Å². The van der Waals surface area contributed by atoms with E-state index in [1.165, 1.54) is 6.07 Å². The minimum Gasteiger partial charge on any atom is -0.372 e. The van der Waals surface area contributed by atoms with E-state index < -0.39 is 11.7 Å². The molecule has 0 saturated carbocycles. The highest BCUT2D eigenvalue weighted by molar-refractivity contribution is 6.33. The van der Waals surface area contributed by atoms with E-state index in [9.17, 15) is 18.0 Å². The maximum atomic E-state index is 12.8. The molecule has 7 heteroatoms. The van der Waals surface area contributed by atoms with Gasteiger partial charge < -0.3 is 9.64 Å². The summed E-state index contributed by atoms with van der Waals surface area (Å²) in [6.45, 7) is 1.07. The summed E-state index contributed by atoms with van der Waals surface area (Å²) in [4.78, 5) is 14.3. The van der Waals surface area contributed by atoms with Gasteiger partial charge in [-0.05, 0) is 42.7 Å². The topological polar surface area (TPSA) is 29.5 Å². The number of rotatable bonds is 4. The molecule has 0 bridgehead atoms. The van der Waals surface area contributed by atoms with Crippen LogP contribution < -0.4 is 0 Å². The number of nitrogens with zero attached hydrogens (tertiary/aromatic N) is 1. The van der Waals surface area contributed by atoms with Crippen molar-refractivity contribution in [3.63, 3.8) is 0 Å². The summed E-state index contributed by atoms with van der Waals surface area (Å²) in [5, 5.41) is 0.398. The molecular formula is C20H19ClF3NO2. The Labute approximate surface area is 160 Å². The highest BCUT2D eigenvalue weighted by Crippen LogP contribution is 2.30. The van der Waals surface area contributed by atoms with E-state index in [1.54, 1.807) is 35.2 Å². The van der Waals surface area contributed by atoms with E-state index in [-0.39, 0.29) is 18.6 Å². The molecule has 3 rings (SSSR count). The summed E-state index contributed by atoms with van der Waals surface area (Å²) in [5.41, 5.74) is 0.208. The number of hydrogen-bond acceptors (Lipinski definition) is 2. The molecule has 0 spiro atoms. The van der Waals surface area contributed by atoms with Crippen LogP contribution in [0.4, 0.5) is 13.2 Å². The van der Waals surface area contributed by atoms with E-state index in [0.29, 0.717) is 29.2 Å². The quantitative estimate of drug-likeness (QED) is 0.711. The zero-order valence-electron chi connectivity index (χ0n) is 14.5. The molecular weight excluding hydrogens is 379 g/mol. The Kier molecular flexibility index (Phi) is 6.07. The zero-order valence-corrected chi connectivity index (χ0v) is 15.3. The highest BCUT2D eigenvalue weighted by atomic mass is 35.5. The molecule has 1 saturated heterocycles. The van der Waals surface area contributed by atoms with E-state index in [4.69, 9.17) is 16.3 Å². The van der Waals surface area contributed by atoms with Crippen LogP contribution in [-0.2, 0) is 17.5 Å². The van der Waals surface area contributed by atoms with Crippen molar-refractivity contribution in [2.45, 2.75) is 31.7 Å². The summed E-state index contributed by atoms with van der Waals surface area (Å²) < 4.78 is 44.2. The van der Waals surface area contributed by atoms with Crippen LogP contribution in [-0.4, -0.2) is 30.0 Å². The van der Waals surface area contributed by atoms with Crippen LogP contribution in [0.2, 0.25) is 5.02 Å². The Morgan fingerprint density at radius 2 is 1.96 bits per heavy atom. The van der Waals surface area contributed by atoms with Crippen LogP contribution in [0.5, 0.6) is 0 Å². The molecule has 144 valence electrons. The van der Waals surface area contributed by atoms with Crippen molar-refractivity contribution in [2.75, 3.05) is 13.1 Å². The van der Waals surface area contributed by atoms with Gasteiger partial charge in [-0.1, -0.05) is 35.9 Å². The van der Waals surface area contributed by atoms with Gasteiger partial charge in [-0.15, -0.1) is 0 Å². The van der Waals surface area contributed by atoms with Crippen molar-refractivity contribution in [2.24, 2.45) is 0 Å². The third-order valence-corrected chi connectivity index (χ3v) is 4.84. The van der Waals surface area contributed by atoms with Crippen molar-refractivity contribution in [3.05, 3.63) is 70.2 Å². The van der Waals surface area contributed by atoms with Gasteiger partial charge in [0.05, 0.1) is 28.9 Å². The molecule has 2 aromatic carbocycles. The molecule has 1 atom stereocenters. The number of benzene rings is 2. The van der Waals surface area contributed by atoms with Crippen molar-refractivity contribution >= 4 is 17.5 Å². The van der Waals surface area contributed by atoms with Gasteiger partial charge in [0, 0.05) is 13.1 Å². The van der Waals surface area contributed by atoms with Crippen molar-refractivity contribution in [3.8, 4) is 0 Å². The van der Waals surface area contributed by atoms with Crippen LogP contribution in [0.3, 0.4) is 0 Å². The van der Waals surface area contributed by atoms with Gasteiger partial charge in [-0.3, -0.25) is 4.79 Å². The van der Waals surface area contributed by atoms with E-state index in [2.05, 4.69) is 0 Å². The second kappa shape index (κ2) is 8.31. The molecule has 1 fully saturated rings. The summed E-state index contributed by atoms with van der Waals surface area (Å²) >= 11 is 6.10. The van der Waals surface area contributed by atoms with Crippen LogP contribution >= 0.6 is 11.6 Å². The number of ether oxygens (including phenoxy) is 1. The molecule has 1 heterocycles. The summed E-state index contributed by atoms with van der Waals surface area (Å²) in [6, 6.07) is 12.0. The van der Waals surface area contributed by atoms with Gasteiger partial charge in [0.2, 0.25) is 0 Å². The number of carbonyl (C=O) groups is 1. The van der Waals surface area contributed by atoms with Crippen LogP contribution in [0, 0.1) is 0 Å². The monoisotopic (exact) mass is 397 g/mol. The average Bonchev–Trinajstić information content (AvgIpc) is 2.66. The molecule has 1 aliphatic heterocycles. The fourth-order valence-electron chi connectivity index (χ4n) is 3.12. The number of halogens is 4. The minimum absolute atomic E-state index is 0.0721. The molecule has 3 nitrogen and oxygen atoms in total. The number of carbonyl (C=O) groups excluding carboxylic acids is 1. The molecule has 1 aliphatic rings. The van der Waals surface area contributed by atoms with Crippen molar-refractivity contribution < 1.29 is 22.7 Å².